The van der Waals surface area contributed by atoms with Gasteiger partial charge in [-0.15, -0.1) is 0 Å². The molecule has 1 aliphatic rings. The van der Waals surface area contributed by atoms with Crippen LogP contribution in [0, 0.1) is 17.0 Å². The molecule has 2 rings (SSSR count). The summed E-state index contributed by atoms with van der Waals surface area (Å²) in [6, 6.07) is 1.86. The molecule has 1 heterocycles. The van der Waals surface area contributed by atoms with Crippen molar-refractivity contribution in [2.24, 2.45) is 5.41 Å². The highest BCUT2D eigenvalue weighted by molar-refractivity contribution is 5.96. The number of nitrogens with one attached hydrogen (secondary N) is 1. The third-order valence-electron chi connectivity index (χ3n) is 2.47. The number of anilines is 1. The van der Waals surface area contributed by atoms with Crippen molar-refractivity contribution in [1.82, 2.24) is 0 Å². The Kier molecular flexibility index (Phi) is 2.33. The molecule has 1 N–H and O–H groups in total. The van der Waals surface area contributed by atoms with E-state index < -0.39 is 17.0 Å². The van der Waals surface area contributed by atoms with E-state index in [4.69, 9.17) is 4.74 Å². The summed E-state index contributed by atoms with van der Waals surface area (Å²) in [5, 5.41) is 2.51. The highest BCUT2D eigenvalue weighted by atomic mass is 19.2. The first-order chi connectivity index (χ1) is 7.40. The van der Waals surface area contributed by atoms with Crippen molar-refractivity contribution in [3.8, 4) is 5.75 Å². The number of hydrogen-bond donors (Lipinski definition) is 1. The van der Waals surface area contributed by atoms with Gasteiger partial charge >= 0.3 is 0 Å². The number of carbonyl (C=O) groups excluding carboxylic acids is 1. The van der Waals surface area contributed by atoms with Gasteiger partial charge in [0.1, 0.15) is 12.4 Å². The van der Waals surface area contributed by atoms with Crippen molar-refractivity contribution in [1.29, 1.82) is 0 Å². The number of halogens is 2. The molecule has 0 atom stereocenters. The van der Waals surface area contributed by atoms with Crippen LogP contribution in [0.1, 0.15) is 13.8 Å². The number of hydrogen-bond acceptors (Lipinski definition) is 2. The Morgan fingerprint density at radius 1 is 1.31 bits per heavy atom. The molecule has 0 aromatic heterocycles. The molecule has 1 aromatic carbocycles. The summed E-state index contributed by atoms with van der Waals surface area (Å²) in [6.45, 7) is 3.51. The maximum atomic E-state index is 13.0. The van der Waals surface area contributed by atoms with E-state index in [2.05, 4.69) is 5.32 Å². The van der Waals surface area contributed by atoms with E-state index in [0.29, 0.717) is 0 Å². The molecule has 86 valence electrons. The minimum atomic E-state index is -1.01. The largest absolute Gasteiger partial charge is 0.490 e. The van der Waals surface area contributed by atoms with Crippen LogP contribution in [0.4, 0.5) is 14.5 Å². The average molecular weight is 227 g/mol. The van der Waals surface area contributed by atoms with Gasteiger partial charge in [-0.25, -0.2) is 8.78 Å². The fraction of sp³-hybridized carbons (Fsp3) is 0.364. The fourth-order valence-corrected chi connectivity index (χ4v) is 1.36. The van der Waals surface area contributed by atoms with Crippen LogP contribution < -0.4 is 10.1 Å². The first kappa shape index (κ1) is 10.9. The van der Waals surface area contributed by atoms with Gasteiger partial charge < -0.3 is 10.1 Å². The van der Waals surface area contributed by atoms with Crippen LogP contribution in [0.25, 0.3) is 0 Å². The topological polar surface area (TPSA) is 38.3 Å². The van der Waals surface area contributed by atoms with Crippen molar-refractivity contribution in [3.05, 3.63) is 23.8 Å². The first-order valence-corrected chi connectivity index (χ1v) is 4.83. The Morgan fingerprint density at radius 2 is 1.94 bits per heavy atom. The molecule has 0 fully saturated rings. The number of carbonyl (C=O) groups is 1. The van der Waals surface area contributed by atoms with E-state index in [-0.39, 0.29) is 24.0 Å². The zero-order valence-corrected chi connectivity index (χ0v) is 8.93. The van der Waals surface area contributed by atoms with E-state index in [1.54, 1.807) is 13.8 Å². The molecule has 0 unspecified atom stereocenters. The lowest BCUT2D eigenvalue weighted by atomic mass is 9.94. The predicted octanol–water partition coefficient (Wildman–Crippen LogP) is 2.32. The molecule has 16 heavy (non-hydrogen) atoms. The summed E-state index contributed by atoms with van der Waals surface area (Å²) in [4.78, 5) is 11.7. The lowest BCUT2D eigenvalue weighted by Crippen LogP contribution is -2.33. The Balaban J connectivity index is 2.45. The Hall–Kier alpha value is -1.65. The fourth-order valence-electron chi connectivity index (χ4n) is 1.36. The van der Waals surface area contributed by atoms with Gasteiger partial charge in [0.05, 0.1) is 11.1 Å². The molecular formula is C11H11F2NO2. The summed E-state index contributed by atoms with van der Waals surface area (Å²) in [5.41, 5.74) is -0.569. The van der Waals surface area contributed by atoms with Crippen LogP contribution in [0.5, 0.6) is 5.75 Å². The molecule has 0 spiro atoms. The SMILES string of the molecule is CC1(C)COc2cc(F)c(F)cc2NC1=O. The standard InChI is InChI=1S/C11H11F2NO2/c1-11(2)5-16-9-4-7(13)6(12)3-8(9)14-10(11)15/h3-4H,5H2,1-2H3,(H,14,15). The lowest BCUT2D eigenvalue weighted by Gasteiger charge is -2.18. The molecule has 1 aromatic rings. The molecule has 5 heteroatoms. The second-order valence-corrected chi connectivity index (χ2v) is 4.39. The molecule has 0 aliphatic carbocycles. The summed E-state index contributed by atoms with van der Waals surface area (Å²) >= 11 is 0. The van der Waals surface area contributed by atoms with E-state index in [9.17, 15) is 13.6 Å². The maximum absolute atomic E-state index is 13.0. The number of rotatable bonds is 0. The summed E-state index contributed by atoms with van der Waals surface area (Å²) in [7, 11) is 0. The monoisotopic (exact) mass is 227 g/mol. The van der Waals surface area contributed by atoms with E-state index in [1.165, 1.54) is 0 Å². The molecule has 1 aliphatic heterocycles. The van der Waals surface area contributed by atoms with Gasteiger partial charge in [-0.1, -0.05) is 0 Å². The second-order valence-electron chi connectivity index (χ2n) is 4.39. The second kappa shape index (κ2) is 3.43. The molecule has 0 radical (unpaired) electrons. The van der Waals surface area contributed by atoms with E-state index in [1.807, 2.05) is 0 Å². The average Bonchev–Trinajstić information content (AvgIpc) is 2.29. The van der Waals surface area contributed by atoms with Gasteiger partial charge in [-0.2, -0.15) is 0 Å². The minimum absolute atomic E-state index is 0.122. The Labute approximate surface area is 91.4 Å². The van der Waals surface area contributed by atoms with Gasteiger partial charge in [0, 0.05) is 12.1 Å². The minimum Gasteiger partial charge on any atom is -0.490 e. The third kappa shape index (κ3) is 1.73. The molecule has 0 saturated heterocycles. The van der Waals surface area contributed by atoms with Crippen molar-refractivity contribution < 1.29 is 18.3 Å². The number of benzene rings is 1. The van der Waals surface area contributed by atoms with E-state index in [0.717, 1.165) is 12.1 Å². The van der Waals surface area contributed by atoms with Crippen molar-refractivity contribution in [2.45, 2.75) is 13.8 Å². The van der Waals surface area contributed by atoms with Crippen LogP contribution in [-0.4, -0.2) is 12.5 Å². The number of fused-ring (bicyclic) bond motifs is 1. The van der Waals surface area contributed by atoms with Gasteiger partial charge in [0.25, 0.3) is 0 Å². The van der Waals surface area contributed by atoms with Crippen molar-refractivity contribution in [2.75, 3.05) is 11.9 Å². The lowest BCUT2D eigenvalue weighted by molar-refractivity contribution is -0.124. The van der Waals surface area contributed by atoms with E-state index >= 15 is 0 Å². The molecule has 0 bridgehead atoms. The van der Waals surface area contributed by atoms with Crippen LogP contribution in [0.3, 0.4) is 0 Å². The zero-order valence-electron chi connectivity index (χ0n) is 8.93. The zero-order chi connectivity index (χ0) is 11.9. The predicted molar refractivity (Wildman–Crippen MR) is 54.3 cm³/mol. The number of ether oxygens (including phenoxy) is 1. The van der Waals surface area contributed by atoms with Crippen molar-refractivity contribution in [3.63, 3.8) is 0 Å². The van der Waals surface area contributed by atoms with Gasteiger partial charge in [0.15, 0.2) is 11.6 Å². The summed E-state index contributed by atoms with van der Waals surface area (Å²) < 4.78 is 31.2. The third-order valence-corrected chi connectivity index (χ3v) is 2.47. The molecule has 1 amide bonds. The van der Waals surface area contributed by atoms with Crippen LogP contribution >= 0.6 is 0 Å². The van der Waals surface area contributed by atoms with Gasteiger partial charge in [-0.05, 0) is 13.8 Å². The first-order valence-electron chi connectivity index (χ1n) is 4.83. The smallest absolute Gasteiger partial charge is 0.233 e. The Bertz CT molecular complexity index is 458. The molecular weight excluding hydrogens is 216 g/mol. The number of amides is 1. The quantitative estimate of drug-likeness (QED) is 0.738. The van der Waals surface area contributed by atoms with Gasteiger partial charge in [-0.3, -0.25) is 4.79 Å². The summed E-state index contributed by atoms with van der Waals surface area (Å²) in [6.07, 6.45) is 0. The molecule has 0 saturated carbocycles. The van der Waals surface area contributed by atoms with Crippen LogP contribution in [-0.2, 0) is 4.79 Å². The molecule has 3 nitrogen and oxygen atoms in total. The van der Waals surface area contributed by atoms with Crippen LogP contribution in [0.2, 0.25) is 0 Å². The highest BCUT2D eigenvalue weighted by Crippen LogP contribution is 2.33. The summed E-state index contributed by atoms with van der Waals surface area (Å²) in [5.74, 6) is -2.13. The van der Waals surface area contributed by atoms with Crippen LogP contribution in [0.15, 0.2) is 12.1 Å². The van der Waals surface area contributed by atoms with Gasteiger partial charge in [0.2, 0.25) is 5.91 Å². The van der Waals surface area contributed by atoms with Crippen molar-refractivity contribution >= 4 is 11.6 Å². The normalized spacial score (nSPS) is 18.1. The maximum Gasteiger partial charge on any atom is 0.233 e. The highest BCUT2D eigenvalue weighted by Gasteiger charge is 2.32. The Morgan fingerprint density at radius 3 is 2.62 bits per heavy atom.